The zero-order valence-corrected chi connectivity index (χ0v) is 18.1. The number of hydrogen-bond acceptors (Lipinski definition) is 6. The van der Waals surface area contributed by atoms with Gasteiger partial charge in [0.1, 0.15) is 16.7 Å². The predicted molar refractivity (Wildman–Crippen MR) is 120 cm³/mol. The SMILES string of the molecule is CCCOc1ccc(NC(=O)[C@@H]2CC(=O)N(C)C(=Nc3ccc(OC)cc3)S2)cc1. The Kier molecular flexibility index (Phi) is 7.35. The van der Waals surface area contributed by atoms with Crippen molar-refractivity contribution in [2.75, 3.05) is 26.1 Å². The quantitative estimate of drug-likeness (QED) is 0.720. The van der Waals surface area contributed by atoms with Gasteiger partial charge in [-0.05, 0) is 55.0 Å². The predicted octanol–water partition coefficient (Wildman–Crippen LogP) is 4.07. The molecule has 3 rings (SSSR count). The lowest BCUT2D eigenvalue weighted by Gasteiger charge is -2.28. The van der Waals surface area contributed by atoms with E-state index in [0.717, 1.165) is 17.9 Å². The molecule has 1 fully saturated rings. The number of carbonyl (C=O) groups is 2. The molecule has 1 atom stereocenters. The smallest absolute Gasteiger partial charge is 0.238 e. The molecule has 2 aromatic rings. The van der Waals surface area contributed by atoms with Crippen LogP contribution >= 0.6 is 11.8 Å². The van der Waals surface area contributed by atoms with Crippen molar-refractivity contribution < 1.29 is 19.1 Å². The number of methoxy groups -OCH3 is 1. The fraction of sp³-hybridized carbons (Fsp3) is 0.318. The monoisotopic (exact) mass is 427 g/mol. The van der Waals surface area contributed by atoms with Crippen LogP contribution in [-0.2, 0) is 9.59 Å². The molecule has 1 saturated heterocycles. The average molecular weight is 428 g/mol. The van der Waals surface area contributed by atoms with E-state index in [9.17, 15) is 9.59 Å². The lowest BCUT2D eigenvalue weighted by atomic mass is 10.2. The highest BCUT2D eigenvalue weighted by Crippen LogP contribution is 2.29. The number of rotatable bonds is 7. The summed E-state index contributed by atoms with van der Waals surface area (Å²) < 4.78 is 10.7. The second kappa shape index (κ2) is 10.2. The molecular formula is C22H25N3O4S. The number of anilines is 1. The van der Waals surface area contributed by atoms with Gasteiger partial charge in [0.2, 0.25) is 11.8 Å². The second-order valence-electron chi connectivity index (χ2n) is 6.72. The normalized spacial score (nSPS) is 17.7. The maximum atomic E-state index is 12.8. The number of hydrogen-bond donors (Lipinski definition) is 1. The van der Waals surface area contributed by atoms with Gasteiger partial charge in [-0.15, -0.1) is 0 Å². The Labute approximate surface area is 180 Å². The molecule has 0 aliphatic carbocycles. The number of nitrogens with zero attached hydrogens (tertiary/aromatic N) is 2. The van der Waals surface area contributed by atoms with E-state index in [1.807, 2.05) is 19.1 Å². The summed E-state index contributed by atoms with van der Waals surface area (Å²) in [6, 6.07) is 14.4. The molecule has 0 aromatic heterocycles. The van der Waals surface area contributed by atoms with Crippen molar-refractivity contribution >= 4 is 40.1 Å². The molecule has 0 unspecified atom stereocenters. The van der Waals surface area contributed by atoms with Crippen molar-refractivity contribution in [3.05, 3.63) is 48.5 Å². The Morgan fingerprint density at radius 3 is 2.47 bits per heavy atom. The van der Waals surface area contributed by atoms with E-state index in [-0.39, 0.29) is 18.2 Å². The van der Waals surface area contributed by atoms with E-state index in [1.54, 1.807) is 50.6 Å². The molecule has 2 amide bonds. The molecule has 1 aliphatic rings. The lowest BCUT2D eigenvalue weighted by molar-refractivity contribution is -0.128. The van der Waals surface area contributed by atoms with Gasteiger partial charge in [-0.1, -0.05) is 18.7 Å². The van der Waals surface area contributed by atoms with Gasteiger partial charge in [-0.25, -0.2) is 4.99 Å². The molecule has 8 heteroatoms. The van der Waals surface area contributed by atoms with E-state index < -0.39 is 5.25 Å². The Morgan fingerprint density at radius 2 is 1.83 bits per heavy atom. The summed E-state index contributed by atoms with van der Waals surface area (Å²) in [7, 11) is 3.26. The van der Waals surface area contributed by atoms with Crippen LogP contribution in [0.15, 0.2) is 53.5 Å². The van der Waals surface area contributed by atoms with Gasteiger partial charge in [-0.2, -0.15) is 0 Å². The molecule has 0 spiro atoms. The van der Waals surface area contributed by atoms with Crippen molar-refractivity contribution in [2.24, 2.45) is 4.99 Å². The minimum Gasteiger partial charge on any atom is -0.497 e. The molecule has 7 nitrogen and oxygen atoms in total. The number of carbonyl (C=O) groups excluding carboxylic acids is 2. The second-order valence-corrected chi connectivity index (χ2v) is 7.89. The van der Waals surface area contributed by atoms with Crippen molar-refractivity contribution in [3.8, 4) is 11.5 Å². The topological polar surface area (TPSA) is 80.2 Å². The van der Waals surface area contributed by atoms with Crippen LogP contribution in [0.5, 0.6) is 11.5 Å². The molecule has 2 aromatic carbocycles. The van der Waals surface area contributed by atoms with Crippen molar-refractivity contribution in [1.29, 1.82) is 0 Å². The summed E-state index contributed by atoms with van der Waals surface area (Å²) in [5.41, 5.74) is 1.34. The zero-order valence-electron chi connectivity index (χ0n) is 17.3. The van der Waals surface area contributed by atoms with E-state index in [1.165, 1.54) is 16.7 Å². The first-order valence-corrected chi connectivity index (χ1v) is 10.6. The molecule has 1 heterocycles. The molecular weight excluding hydrogens is 402 g/mol. The third-order valence-electron chi connectivity index (χ3n) is 4.45. The van der Waals surface area contributed by atoms with Crippen LogP contribution in [0, 0.1) is 0 Å². The van der Waals surface area contributed by atoms with Crippen LogP contribution in [0.2, 0.25) is 0 Å². The highest BCUT2D eigenvalue weighted by Gasteiger charge is 2.34. The van der Waals surface area contributed by atoms with E-state index >= 15 is 0 Å². The van der Waals surface area contributed by atoms with Crippen LogP contribution in [0.1, 0.15) is 19.8 Å². The number of nitrogens with one attached hydrogen (secondary N) is 1. The van der Waals surface area contributed by atoms with E-state index in [0.29, 0.717) is 23.1 Å². The average Bonchev–Trinajstić information content (AvgIpc) is 2.76. The van der Waals surface area contributed by atoms with E-state index in [4.69, 9.17) is 9.47 Å². The van der Waals surface area contributed by atoms with Crippen LogP contribution in [0.3, 0.4) is 0 Å². The van der Waals surface area contributed by atoms with Crippen molar-refractivity contribution in [2.45, 2.75) is 25.0 Å². The maximum Gasteiger partial charge on any atom is 0.238 e. The minimum atomic E-state index is -0.554. The van der Waals surface area contributed by atoms with Crippen LogP contribution in [-0.4, -0.2) is 47.9 Å². The first-order valence-electron chi connectivity index (χ1n) is 9.70. The fourth-order valence-electron chi connectivity index (χ4n) is 2.74. The van der Waals surface area contributed by atoms with Gasteiger partial charge in [0.05, 0.1) is 19.4 Å². The highest BCUT2D eigenvalue weighted by molar-refractivity contribution is 8.15. The molecule has 30 heavy (non-hydrogen) atoms. The Balaban J connectivity index is 1.68. The summed E-state index contributed by atoms with van der Waals surface area (Å²) in [4.78, 5) is 31.2. The number of benzene rings is 2. The molecule has 0 bridgehead atoms. The maximum absolute atomic E-state index is 12.8. The van der Waals surface area contributed by atoms with Crippen LogP contribution in [0.25, 0.3) is 0 Å². The van der Waals surface area contributed by atoms with E-state index in [2.05, 4.69) is 10.3 Å². The molecule has 0 radical (unpaired) electrons. The number of ether oxygens (including phenoxy) is 2. The first-order chi connectivity index (χ1) is 14.5. The largest absolute Gasteiger partial charge is 0.497 e. The highest BCUT2D eigenvalue weighted by atomic mass is 32.2. The summed E-state index contributed by atoms with van der Waals surface area (Å²) in [6.07, 6.45) is 1.05. The van der Waals surface area contributed by atoms with Crippen molar-refractivity contribution in [1.82, 2.24) is 4.90 Å². The molecule has 1 N–H and O–H groups in total. The minimum absolute atomic E-state index is 0.117. The standard InChI is InChI=1S/C22H25N3O4S/c1-4-13-29-18-11-7-15(8-12-18)23-21(27)19-14-20(26)25(2)22(30-19)24-16-5-9-17(28-3)10-6-16/h5-12,19H,4,13-14H2,1-3H3,(H,23,27)/t19-/m0/s1. The van der Waals surface area contributed by atoms with Crippen molar-refractivity contribution in [3.63, 3.8) is 0 Å². The van der Waals surface area contributed by atoms with Gasteiger partial charge < -0.3 is 14.8 Å². The number of aliphatic imine (C=N–C) groups is 1. The number of amides is 2. The molecule has 158 valence electrons. The third kappa shape index (κ3) is 5.54. The fourth-order valence-corrected chi connectivity index (χ4v) is 3.81. The molecule has 0 saturated carbocycles. The van der Waals surface area contributed by atoms with Gasteiger partial charge in [0, 0.05) is 19.2 Å². The zero-order chi connectivity index (χ0) is 21.5. The summed E-state index contributed by atoms with van der Waals surface area (Å²) in [5.74, 6) is 1.10. The summed E-state index contributed by atoms with van der Waals surface area (Å²) >= 11 is 1.28. The lowest BCUT2D eigenvalue weighted by Crippen LogP contribution is -2.43. The van der Waals surface area contributed by atoms with Crippen LogP contribution in [0.4, 0.5) is 11.4 Å². The van der Waals surface area contributed by atoms with Gasteiger partial charge in [0.25, 0.3) is 0 Å². The van der Waals surface area contributed by atoms with Gasteiger partial charge in [0.15, 0.2) is 5.17 Å². The third-order valence-corrected chi connectivity index (χ3v) is 5.69. The Hall–Kier alpha value is -3.00. The van der Waals surface area contributed by atoms with Gasteiger partial charge >= 0.3 is 0 Å². The summed E-state index contributed by atoms with van der Waals surface area (Å²) in [5, 5.41) is 2.80. The Bertz CT molecular complexity index is 913. The number of amidine groups is 1. The molecule has 1 aliphatic heterocycles. The Morgan fingerprint density at radius 1 is 1.17 bits per heavy atom. The van der Waals surface area contributed by atoms with Gasteiger partial charge in [-0.3, -0.25) is 14.5 Å². The summed E-state index contributed by atoms with van der Waals surface area (Å²) in [6.45, 7) is 2.69. The van der Waals surface area contributed by atoms with Crippen LogP contribution < -0.4 is 14.8 Å². The number of thioether (sulfide) groups is 1. The first kappa shape index (κ1) is 21.7.